The van der Waals surface area contributed by atoms with E-state index >= 15 is 0 Å². The van der Waals surface area contributed by atoms with Crippen LogP contribution < -0.4 is 0 Å². The van der Waals surface area contributed by atoms with Crippen molar-refractivity contribution in [3.05, 3.63) is 46.1 Å². The minimum Gasteiger partial charge on any atom is -0.494 e. The minimum absolute atomic E-state index is 0.117. The van der Waals surface area contributed by atoms with Crippen molar-refractivity contribution < 1.29 is 14.6 Å². The molecule has 0 saturated heterocycles. The second kappa shape index (κ2) is 6.45. The van der Waals surface area contributed by atoms with Gasteiger partial charge in [0.2, 0.25) is 0 Å². The fraction of sp³-hybridized carbons (Fsp3) is 0.200. The van der Waals surface area contributed by atoms with Gasteiger partial charge in [0, 0.05) is 16.9 Å². The number of H-pyrrole nitrogens is 1. The first-order valence-electron chi connectivity index (χ1n) is 6.41. The molecule has 0 aliphatic heterocycles. The fourth-order valence-corrected chi connectivity index (χ4v) is 2.01. The molecule has 0 amide bonds. The van der Waals surface area contributed by atoms with Crippen LogP contribution in [-0.2, 0) is 4.74 Å². The lowest BCUT2D eigenvalue weighted by atomic mass is 10.1. The Morgan fingerprint density at radius 2 is 2.10 bits per heavy atom. The van der Waals surface area contributed by atoms with Crippen LogP contribution in [0.1, 0.15) is 28.5 Å². The van der Waals surface area contributed by atoms with Crippen LogP contribution in [0.2, 0.25) is 5.02 Å². The number of aromatic amines is 1. The number of esters is 1. The summed E-state index contributed by atoms with van der Waals surface area (Å²) in [5.41, 5.74) is 1.78. The molecule has 21 heavy (non-hydrogen) atoms. The van der Waals surface area contributed by atoms with E-state index in [0.29, 0.717) is 22.0 Å². The van der Waals surface area contributed by atoms with Gasteiger partial charge in [-0.2, -0.15) is 0 Å². The van der Waals surface area contributed by atoms with Gasteiger partial charge in [-0.15, -0.1) is 0 Å². The van der Waals surface area contributed by atoms with E-state index in [4.69, 9.17) is 16.3 Å². The smallest absolute Gasteiger partial charge is 0.340 e. The predicted molar refractivity (Wildman–Crippen MR) is 81.9 cm³/mol. The highest BCUT2D eigenvalue weighted by atomic mass is 35.5. The molecule has 0 spiro atoms. The highest BCUT2D eigenvalue weighted by Gasteiger charge is 2.20. The van der Waals surface area contributed by atoms with Crippen molar-refractivity contribution in [1.82, 2.24) is 4.98 Å². The maximum atomic E-state index is 11.9. The molecule has 0 aliphatic rings. The molecular formula is C15H15ClN2O3. The zero-order valence-electron chi connectivity index (χ0n) is 11.7. The number of carbonyl (C=O) groups is 1. The van der Waals surface area contributed by atoms with Gasteiger partial charge in [0.15, 0.2) is 5.88 Å². The van der Waals surface area contributed by atoms with Crippen molar-refractivity contribution in [2.75, 3.05) is 6.61 Å². The second-order valence-corrected chi connectivity index (χ2v) is 4.78. The van der Waals surface area contributed by atoms with E-state index in [1.165, 1.54) is 6.21 Å². The maximum absolute atomic E-state index is 11.9. The fourth-order valence-electron chi connectivity index (χ4n) is 1.89. The van der Waals surface area contributed by atoms with Crippen molar-refractivity contribution in [2.24, 2.45) is 4.99 Å². The summed E-state index contributed by atoms with van der Waals surface area (Å²) in [4.78, 5) is 18.8. The molecule has 6 heteroatoms. The quantitative estimate of drug-likeness (QED) is 0.669. The number of nitrogens with zero attached hydrogens (tertiary/aromatic N) is 1. The standard InChI is InChI=1S/C15H15ClN2O3/c1-3-21-15(20)13-9(2)18-14(19)12(13)8-17-11-6-4-10(16)5-7-11/h4-8,18-19H,3H2,1-2H3. The van der Waals surface area contributed by atoms with Crippen LogP contribution in [0.5, 0.6) is 5.88 Å². The van der Waals surface area contributed by atoms with Crippen LogP contribution in [-0.4, -0.2) is 28.9 Å². The first kappa shape index (κ1) is 15.1. The number of rotatable bonds is 4. The monoisotopic (exact) mass is 306 g/mol. The van der Waals surface area contributed by atoms with Crippen LogP contribution in [0.3, 0.4) is 0 Å². The third kappa shape index (κ3) is 3.44. The molecule has 2 aromatic rings. The van der Waals surface area contributed by atoms with E-state index in [1.54, 1.807) is 38.1 Å². The van der Waals surface area contributed by atoms with Crippen molar-refractivity contribution in [2.45, 2.75) is 13.8 Å². The van der Waals surface area contributed by atoms with Gasteiger partial charge < -0.3 is 14.8 Å². The average molecular weight is 307 g/mol. The summed E-state index contributed by atoms with van der Waals surface area (Å²) < 4.78 is 4.98. The Morgan fingerprint density at radius 1 is 1.43 bits per heavy atom. The number of carbonyl (C=O) groups excluding carboxylic acids is 1. The maximum Gasteiger partial charge on any atom is 0.340 e. The van der Waals surface area contributed by atoms with Gasteiger partial charge in [0.05, 0.1) is 23.4 Å². The normalized spacial score (nSPS) is 11.0. The summed E-state index contributed by atoms with van der Waals surface area (Å²) in [6, 6.07) is 6.89. The molecule has 0 unspecified atom stereocenters. The molecule has 110 valence electrons. The van der Waals surface area contributed by atoms with Crippen LogP contribution >= 0.6 is 11.6 Å². The Labute approximate surface area is 127 Å². The number of nitrogens with one attached hydrogen (secondary N) is 1. The molecule has 1 aromatic carbocycles. The van der Waals surface area contributed by atoms with E-state index < -0.39 is 5.97 Å². The number of aliphatic imine (C=N–C) groups is 1. The number of aryl methyl sites for hydroxylation is 1. The summed E-state index contributed by atoms with van der Waals surface area (Å²) >= 11 is 5.80. The predicted octanol–water partition coefficient (Wildman–Crippen LogP) is 3.61. The number of benzene rings is 1. The summed E-state index contributed by atoms with van der Waals surface area (Å²) in [6.45, 7) is 3.67. The molecule has 0 fully saturated rings. The molecule has 2 rings (SSSR count). The Bertz CT molecular complexity index is 675. The number of hydrogen-bond donors (Lipinski definition) is 2. The Hall–Kier alpha value is -2.27. The third-order valence-corrected chi connectivity index (χ3v) is 3.11. The topological polar surface area (TPSA) is 74.7 Å². The molecule has 0 saturated carbocycles. The van der Waals surface area contributed by atoms with E-state index in [-0.39, 0.29) is 18.1 Å². The molecule has 5 nitrogen and oxygen atoms in total. The highest BCUT2D eigenvalue weighted by molar-refractivity contribution is 6.30. The lowest BCUT2D eigenvalue weighted by molar-refractivity contribution is 0.0525. The van der Waals surface area contributed by atoms with Crippen molar-refractivity contribution in [1.29, 1.82) is 0 Å². The van der Waals surface area contributed by atoms with Gasteiger partial charge in [0.1, 0.15) is 0 Å². The number of aromatic hydroxyl groups is 1. The molecule has 0 aliphatic carbocycles. The first-order chi connectivity index (χ1) is 10.0. The van der Waals surface area contributed by atoms with Crippen LogP contribution in [0.25, 0.3) is 0 Å². The summed E-state index contributed by atoms with van der Waals surface area (Å²) in [5.74, 6) is -0.614. The number of aromatic nitrogens is 1. The molecule has 0 radical (unpaired) electrons. The van der Waals surface area contributed by atoms with Gasteiger partial charge >= 0.3 is 5.97 Å². The molecule has 0 atom stereocenters. The van der Waals surface area contributed by atoms with Gasteiger partial charge in [-0.25, -0.2) is 4.79 Å². The zero-order valence-corrected chi connectivity index (χ0v) is 12.4. The van der Waals surface area contributed by atoms with Crippen molar-refractivity contribution in [3.8, 4) is 5.88 Å². The van der Waals surface area contributed by atoms with Gasteiger partial charge in [-0.1, -0.05) is 11.6 Å². The lowest BCUT2D eigenvalue weighted by Crippen LogP contribution is -2.07. The van der Waals surface area contributed by atoms with E-state index in [9.17, 15) is 9.90 Å². The third-order valence-electron chi connectivity index (χ3n) is 2.85. The highest BCUT2D eigenvalue weighted by Crippen LogP contribution is 2.24. The van der Waals surface area contributed by atoms with Gasteiger partial charge in [-0.05, 0) is 38.1 Å². The summed E-state index contributed by atoms with van der Waals surface area (Å²) in [7, 11) is 0. The Kier molecular flexibility index (Phi) is 4.65. The van der Waals surface area contributed by atoms with E-state index in [0.717, 1.165) is 0 Å². The van der Waals surface area contributed by atoms with Crippen LogP contribution in [0.15, 0.2) is 29.3 Å². The Morgan fingerprint density at radius 3 is 2.71 bits per heavy atom. The van der Waals surface area contributed by atoms with Gasteiger partial charge in [0.25, 0.3) is 0 Å². The largest absolute Gasteiger partial charge is 0.494 e. The van der Waals surface area contributed by atoms with Crippen LogP contribution in [0.4, 0.5) is 5.69 Å². The summed E-state index contributed by atoms with van der Waals surface area (Å²) in [6.07, 6.45) is 1.42. The molecule has 1 aromatic heterocycles. The average Bonchev–Trinajstić information content (AvgIpc) is 2.72. The van der Waals surface area contributed by atoms with Crippen LogP contribution in [0, 0.1) is 6.92 Å². The summed E-state index contributed by atoms with van der Waals surface area (Å²) in [5, 5.41) is 10.5. The van der Waals surface area contributed by atoms with Gasteiger partial charge in [-0.3, -0.25) is 4.99 Å². The molecule has 1 heterocycles. The Balaban J connectivity index is 2.35. The minimum atomic E-state index is -0.496. The number of hydrogen-bond acceptors (Lipinski definition) is 4. The number of halogens is 1. The SMILES string of the molecule is CCOC(=O)c1c(C)[nH]c(O)c1C=Nc1ccc(Cl)cc1. The van der Waals surface area contributed by atoms with Crippen molar-refractivity contribution in [3.63, 3.8) is 0 Å². The first-order valence-corrected chi connectivity index (χ1v) is 6.79. The van der Waals surface area contributed by atoms with Crippen molar-refractivity contribution >= 4 is 29.5 Å². The molecular weight excluding hydrogens is 292 g/mol. The van der Waals surface area contributed by atoms with E-state index in [2.05, 4.69) is 9.98 Å². The zero-order chi connectivity index (χ0) is 15.4. The number of ether oxygens (including phenoxy) is 1. The lowest BCUT2D eigenvalue weighted by Gasteiger charge is -2.02. The molecule has 0 bridgehead atoms. The molecule has 2 N–H and O–H groups in total. The van der Waals surface area contributed by atoms with E-state index in [1.807, 2.05) is 0 Å². The second-order valence-electron chi connectivity index (χ2n) is 4.34.